The number of aromatic nitrogens is 1. The van der Waals surface area contributed by atoms with E-state index in [1.807, 2.05) is 6.92 Å². The molecule has 37 heavy (non-hydrogen) atoms. The number of aryl methyl sites for hydroxylation is 1. The standard InChI is InChI=1S/C25H22ClN3O6S2/c1-3-28-19-10-5-16(13-23(19)36-25(28)31)27-24(30)22-14-29(20-12-15(26)4-11-21(20)35-22)37(32,33)18-8-6-17(34-2)7-9-18/h4-13,22H,3,14H2,1-2H3,(H,27,30)/t22-/m1/s1. The second-order valence-electron chi connectivity index (χ2n) is 8.21. The molecule has 1 atom stereocenters. The van der Waals surface area contributed by atoms with Crippen LogP contribution >= 0.6 is 22.9 Å². The first kappa shape index (κ1) is 25.1. The van der Waals surface area contributed by atoms with E-state index in [9.17, 15) is 18.0 Å². The van der Waals surface area contributed by atoms with E-state index in [1.165, 1.54) is 31.4 Å². The zero-order valence-electron chi connectivity index (χ0n) is 19.8. The maximum Gasteiger partial charge on any atom is 0.308 e. The van der Waals surface area contributed by atoms with Gasteiger partial charge >= 0.3 is 4.87 Å². The van der Waals surface area contributed by atoms with Gasteiger partial charge in [0.15, 0.2) is 6.10 Å². The molecule has 0 unspecified atom stereocenters. The molecule has 3 aromatic carbocycles. The zero-order chi connectivity index (χ0) is 26.3. The van der Waals surface area contributed by atoms with E-state index in [0.717, 1.165) is 25.9 Å². The highest BCUT2D eigenvalue weighted by atomic mass is 35.5. The van der Waals surface area contributed by atoms with Crippen molar-refractivity contribution >= 4 is 60.5 Å². The Kier molecular flexibility index (Phi) is 6.61. The molecule has 2 heterocycles. The predicted molar refractivity (Wildman–Crippen MR) is 144 cm³/mol. The van der Waals surface area contributed by atoms with Gasteiger partial charge in [0.1, 0.15) is 11.5 Å². The zero-order valence-corrected chi connectivity index (χ0v) is 22.2. The number of hydrogen-bond donors (Lipinski definition) is 1. The molecule has 0 saturated carbocycles. The minimum Gasteiger partial charge on any atom is -0.497 e. The summed E-state index contributed by atoms with van der Waals surface area (Å²) >= 11 is 7.25. The molecule has 0 spiro atoms. The van der Waals surface area contributed by atoms with Crippen LogP contribution in [-0.4, -0.2) is 38.7 Å². The molecule has 0 aliphatic carbocycles. The Morgan fingerprint density at radius 3 is 2.62 bits per heavy atom. The maximum atomic E-state index is 13.6. The first-order chi connectivity index (χ1) is 17.7. The van der Waals surface area contributed by atoms with E-state index in [-0.39, 0.29) is 27.8 Å². The van der Waals surface area contributed by atoms with Gasteiger partial charge in [-0.15, -0.1) is 0 Å². The van der Waals surface area contributed by atoms with Crippen molar-refractivity contribution in [3.05, 3.63) is 75.4 Å². The van der Waals surface area contributed by atoms with Gasteiger partial charge in [-0.25, -0.2) is 8.42 Å². The highest BCUT2D eigenvalue weighted by molar-refractivity contribution is 7.92. The number of carbonyl (C=O) groups is 1. The van der Waals surface area contributed by atoms with Crippen LogP contribution in [0.5, 0.6) is 11.5 Å². The Morgan fingerprint density at radius 2 is 1.92 bits per heavy atom. The van der Waals surface area contributed by atoms with E-state index >= 15 is 0 Å². The van der Waals surface area contributed by atoms with Gasteiger partial charge in [-0.3, -0.25) is 18.5 Å². The molecule has 0 radical (unpaired) electrons. The minimum atomic E-state index is -4.07. The highest BCUT2D eigenvalue weighted by Crippen LogP contribution is 2.39. The molecule has 192 valence electrons. The van der Waals surface area contributed by atoms with Crippen molar-refractivity contribution in [2.24, 2.45) is 0 Å². The van der Waals surface area contributed by atoms with Crippen molar-refractivity contribution in [1.82, 2.24) is 4.57 Å². The van der Waals surface area contributed by atoms with Crippen molar-refractivity contribution in [2.75, 3.05) is 23.3 Å². The molecular weight excluding hydrogens is 538 g/mol. The second-order valence-corrected chi connectivity index (χ2v) is 11.5. The van der Waals surface area contributed by atoms with Gasteiger partial charge in [-0.05, 0) is 67.6 Å². The van der Waals surface area contributed by atoms with E-state index in [2.05, 4.69) is 5.32 Å². The average Bonchev–Trinajstić information content (AvgIpc) is 3.21. The summed E-state index contributed by atoms with van der Waals surface area (Å²) in [5.74, 6) is 0.191. The molecule has 12 heteroatoms. The van der Waals surface area contributed by atoms with Gasteiger partial charge in [0, 0.05) is 17.3 Å². The Labute approximate surface area is 221 Å². The molecule has 1 amide bonds. The van der Waals surface area contributed by atoms with Crippen molar-refractivity contribution in [1.29, 1.82) is 0 Å². The van der Waals surface area contributed by atoms with Gasteiger partial charge in [-0.1, -0.05) is 22.9 Å². The normalized spacial score (nSPS) is 15.2. The smallest absolute Gasteiger partial charge is 0.308 e. The monoisotopic (exact) mass is 559 g/mol. The highest BCUT2D eigenvalue weighted by Gasteiger charge is 2.38. The largest absolute Gasteiger partial charge is 0.497 e. The van der Waals surface area contributed by atoms with Gasteiger partial charge in [-0.2, -0.15) is 0 Å². The van der Waals surface area contributed by atoms with Crippen LogP contribution in [0.2, 0.25) is 5.02 Å². The van der Waals surface area contributed by atoms with Crippen LogP contribution in [0.15, 0.2) is 70.4 Å². The summed E-state index contributed by atoms with van der Waals surface area (Å²) in [4.78, 5) is 25.4. The van der Waals surface area contributed by atoms with Crippen molar-refractivity contribution in [3.63, 3.8) is 0 Å². The quantitative estimate of drug-likeness (QED) is 0.377. The number of thiazole rings is 1. The molecule has 4 aromatic rings. The molecule has 5 rings (SSSR count). The Bertz CT molecular complexity index is 1660. The first-order valence-corrected chi connectivity index (χ1v) is 13.9. The molecule has 9 nitrogen and oxygen atoms in total. The van der Waals surface area contributed by atoms with Gasteiger partial charge in [0.25, 0.3) is 15.9 Å². The number of hydrogen-bond acceptors (Lipinski definition) is 7. The summed E-state index contributed by atoms with van der Waals surface area (Å²) in [7, 11) is -2.58. The lowest BCUT2D eigenvalue weighted by molar-refractivity contribution is -0.122. The van der Waals surface area contributed by atoms with Crippen LogP contribution in [-0.2, 0) is 21.4 Å². The third kappa shape index (κ3) is 4.65. The molecule has 0 fully saturated rings. The molecule has 1 aliphatic rings. The van der Waals surface area contributed by atoms with E-state index in [0.29, 0.717) is 23.0 Å². The van der Waals surface area contributed by atoms with Crippen LogP contribution < -0.4 is 24.0 Å². The number of nitrogens with zero attached hydrogens (tertiary/aromatic N) is 2. The fourth-order valence-corrected chi connectivity index (χ4v) is 6.76. The predicted octanol–water partition coefficient (Wildman–Crippen LogP) is 4.34. The molecular formula is C25H22ClN3O6S2. The molecule has 1 aromatic heterocycles. The number of nitrogens with one attached hydrogen (secondary N) is 1. The first-order valence-electron chi connectivity index (χ1n) is 11.3. The summed E-state index contributed by atoms with van der Waals surface area (Å²) in [6, 6.07) is 15.7. The van der Waals surface area contributed by atoms with E-state index < -0.39 is 22.0 Å². The molecule has 1 aliphatic heterocycles. The number of ether oxygens (including phenoxy) is 2. The van der Waals surface area contributed by atoms with Gasteiger partial charge < -0.3 is 14.8 Å². The third-order valence-corrected chi connectivity index (χ3v) is 8.95. The summed E-state index contributed by atoms with van der Waals surface area (Å²) in [5, 5.41) is 3.11. The molecule has 1 N–H and O–H groups in total. The lowest BCUT2D eigenvalue weighted by Crippen LogP contribution is -2.48. The number of amides is 1. The second kappa shape index (κ2) is 9.73. The number of methoxy groups -OCH3 is 1. The van der Waals surface area contributed by atoms with Crippen molar-refractivity contribution in [3.8, 4) is 11.5 Å². The summed E-state index contributed by atoms with van der Waals surface area (Å²) in [5.41, 5.74) is 1.49. The number of rotatable bonds is 6. The summed E-state index contributed by atoms with van der Waals surface area (Å²) < 4.78 is 41.8. The number of benzene rings is 3. The Hall–Kier alpha value is -3.54. The van der Waals surface area contributed by atoms with Gasteiger partial charge in [0.2, 0.25) is 0 Å². The third-order valence-electron chi connectivity index (χ3n) is 5.98. The van der Waals surface area contributed by atoms with E-state index in [4.69, 9.17) is 21.1 Å². The molecule has 0 saturated heterocycles. The minimum absolute atomic E-state index is 0.0288. The lowest BCUT2D eigenvalue weighted by atomic mass is 10.2. The fraction of sp³-hybridized carbons (Fsp3) is 0.200. The average molecular weight is 560 g/mol. The number of carbonyl (C=O) groups excluding carboxylic acids is 1. The van der Waals surface area contributed by atoms with Crippen LogP contribution in [0.1, 0.15) is 6.92 Å². The van der Waals surface area contributed by atoms with Crippen LogP contribution in [0, 0.1) is 0 Å². The topological polar surface area (TPSA) is 107 Å². The van der Waals surface area contributed by atoms with Crippen LogP contribution in [0.25, 0.3) is 10.2 Å². The van der Waals surface area contributed by atoms with Crippen LogP contribution in [0.3, 0.4) is 0 Å². The summed E-state index contributed by atoms with van der Waals surface area (Å²) in [6.07, 6.45) is -1.14. The Morgan fingerprint density at radius 1 is 1.16 bits per heavy atom. The fourth-order valence-electron chi connectivity index (χ4n) is 4.13. The molecule has 0 bridgehead atoms. The Balaban J connectivity index is 1.46. The lowest BCUT2D eigenvalue weighted by Gasteiger charge is -2.34. The van der Waals surface area contributed by atoms with Gasteiger partial charge in [0.05, 0.1) is 34.5 Å². The number of fused-ring (bicyclic) bond motifs is 2. The number of sulfonamides is 1. The van der Waals surface area contributed by atoms with E-state index in [1.54, 1.807) is 41.0 Å². The summed E-state index contributed by atoms with van der Waals surface area (Å²) in [6.45, 7) is 2.16. The van der Waals surface area contributed by atoms with Crippen LogP contribution in [0.4, 0.5) is 11.4 Å². The van der Waals surface area contributed by atoms with Crippen molar-refractivity contribution in [2.45, 2.75) is 24.5 Å². The SMILES string of the molecule is CCn1c(=O)sc2cc(NC(=O)[C@H]3CN(S(=O)(=O)c4ccc(OC)cc4)c4cc(Cl)ccc4O3)ccc21. The maximum absolute atomic E-state index is 13.6. The number of anilines is 2. The van der Waals surface area contributed by atoms with Crippen molar-refractivity contribution < 1.29 is 22.7 Å². The number of halogens is 1.